The summed E-state index contributed by atoms with van der Waals surface area (Å²) in [6.07, 6.45) is 15.2. The summed E-state index contributed by atoms with van der Waals surface area (Å²) in [5.74, 6) is 2.59. The molecule has 4 rings (SSSR count). The molecule has 0 unspecified atom stereocenters. The molecule has 0 aromatic heterocycles. The van der Waals surface area contributed by atoms with Gasteiger partial charge in [0.2, 0.25) is 5.96 Å². The quantitative estimate of drug-likeness (QED) is 0.572. The Morgan fingerprint density at radius 1 is 1.15 bits per heavy atom. The molecule has 8 heteroatoms. The average Bonchev–Trinajstić information content (AvgIpc) is 3.06. The van der Waals surface area contributed by atoms with Crippen LogP contribution in [0.1, 0.15) is 52.4 Å². The minimum absolute atomic E-state index is 0.210. The van der Waals surface area contributed by atoms with Gasteiger partial charge in [-0.25, -0.2) is 4.99 Å². The molecule has 0 saturated carbocycles. The van der Waals surface area contributed by atoms with Crippen LogP contribution in [0.4, 0.5) is 0 Å². The highest BCUT2D eigenvalue weighted by Gasteiger charge is 2.22. The van der Waals surface area contributed by atoms with Gasteiger partial charge in [-0.1, -0.05) is 48.6 Å². The van der Waals surface area contributed by atoms with Crippen LogP contribution in [0.5, 0.6) is 0 Å². The molecule has 0 radical (unpaired) electrons. The Labute approximate surface area is 208 Å². The molecule has 1 fully saturated rings. The zero-order valence-corrected chi connectivity index (χ0v) is 21.4. The number of rotatable bonds is 7. The lowest BCUT2D eigenvalue weighted by Crippen LogP contribution is -2.50. The Morgan fingerprint density at radius 3 is 2.74 bits per heavy atom. The van der Waals surface area contributed by atoms with E-state index in [0.717, 1.165) is 87.9 Å². The first kappa shape index (κ1) is 24.9. The van der Waals surface area contributed by atoms with Crippen LogP contribution >= 0.6 is 11.8 Å². The second kappa shape index (κ2) is 12.5. The van der Waals surface area contributed by atoms with Gasteiger partial charge in [0.25, 0.3) is 0 Å². The number of piperazine rings is 1. The Balaban J connectivity index is 1.54. The first-order valence-corrected chi connectivity index (χ1v) is 13.4. The minimum atomic E-state index is 0.210. The van der Waals surface area contributed by atoms with Crippen LogP contribution in [0.15, 0.2) is 60.4 Å². The summed E-state index contributed by atoms with van der Waals surface area (Å²) in [7, 11) is 0. The minimum Gasteiger partial charge on any atom is -0.395 e. The smallest absolute Gasteiger partial charge is 0.230 e. The number of hydrogen-bond donors (Lipinski definition) is 2. The Hall–Kier alpha value is -2.16. The molecular weight excluding hydrogens is 444 g/mol. The van der Waals surface area contributed by atoms with Gasteiger partial charge in [0.15, 0.2) is 0 Å². The fourth-order valence-electron chi connectivity index (χ4n) is 4.49. The number of guanidine groups is 1. The van der Waals surface area contributed by atoms with Crippen LogP contribution in [0.2, 0.25) is 0 Å². The number of nitrogens with one attached hydrogen (secondary N) is 1. The molecule has 34 heavy (non-hydrogen) atoms. The Morgan fingerprint density at radius 2 is 2.00 bits per heavy atom. The van der Waals surface area contributed by atoms with E-state index in [9.17, 15) is 5.11 Å². The number of amidine groups is 2. The molecule has 0 atom stereocenters. The standard InChI is InChI=1S/C26H38N6OS/c1-3-22-11-9-20(2)34-25(22)30-26-28-23(12-10-21-7-5-4-6-8-21)27-19-24(29-26)32-15-13-31(14-16-32)17-18-33/h5,7-9,33H,3-4,6,10-19H2,1-2H3,(H,27,28,30). The fourth-order valence-corrected chi connectivity index (χ4v) is 5.46. The molecule has 0 amide bonds. The van der Waals surface area contributed by atoms with Crippen molar-refractivity contribution in [3.05, 3.63) is 45.4 Å². The first-order valence-electron chi connectivity index (χ1n) is 12.6. The second-order valence-electron chi connectivity index (χ2n) is 9.05. The zero-order valence-electron chi connectivity index (χ0n) is 20.6. The van der Waals surface area contributed by atoms with E-state index in [0.29, 0.717) is 12.5 Å². The average molecular weight is 483 g/mol. The van der Waals surface area contributed by atoms with Gasteiger partial charge in [-0.05, 0) is 49.5 Å². The van der Waals surface area contributed by atoms with E-state index in [1.54, 1.807) is 11.8 Å². The molecule has 0 aromatic rings. The van der Waals surface area contributed by atoms with Crippen molar-refractivity contribution in [2.45, 2.75) is 52.4 Å². The SMILES string of the molecule is CCC1=C(N=C2N=C(N3CCN(CCO)CC3)CN=C(CCC3=CCCC=C3)N2)SC(C)=CC1. The topological polar surface area (TPSA) is 75.8 Å². The van der Waals surface area contributed by atoms with Crippen molar-refractivity contribution in [3.8, 4) is 0 Å². The number of aliphatic hydroxyl groups excluding tert-OH is 1. The highest BCUT2D eigenvalue weighted by Crippen LogP contribution is 2.36. The summed E-state index contributed by atoms with van der Waals surface area (Å²) in [6.45, 7) is 9.52. The molecule has 3 aliphatic heterocycles. The van der Waals surface area contributed by atoms with E-state index in [2.05, 4.69) is 53.3 Å². The predicted octanol–water partition coefficient (Wildman–Crippen LogP) is 4.07. The van der Waals surface area contributed by atoms with Crippen LogP contribution in [-0.2, 0) is 0 Å². The molecule has 3 heterocycles. The fraction of sp³-hybridized carbons (Fsp3) is 0.577. The predicted molar refractivity (Wildman–Crippen MR) is 144 cm³/mol. The lowest BCUT2D eigenvalue weighted by Gasteiger charge is -2.35. The van der Waals surface area contributed by atoms with Crippen molar-refractivity contribution in [2.75, 3.05) is 45.9 Å². The summed E-state index contributed by atoms with van der Waals surface area (Å²) in [5, 5.41) is 13.8. The summed E-state index contributed by atoms with van der Waals surface area (Å²) in [4.78, 5) is 20.9. The van der Waals surface area contributed by atoms with Gasteiger partial charge >= 0.3 is 0 Å². The number of hydrogen-bond acceptors (Lipinski definition) is 6. The van der Waals surface area contributed by atoms with Gasteiger partial charge in [0.1, 0.15) is 16.7 Å². The molecule has 184 valence electrons. The number of aliphatic hydroxyl groups is 1. The lowest BCUT2D eigenvalue weighted by atomic mass is 10.0. The van der Waals surface area contributed by atoms with Gasteiger partial charge < -0.3 is 15.3 Å². The lowest BCUT2D eigenvalue weighted by molar-refractivity contribution is 0.146. The summed E-state index contributed by atoms with van der Waals surface area (Å²) < 4.78 is 0. The maximum absolute atomic E-state index is 9.26. The van der Waals surface area contributed by atoms with E-state index in [-0.39, 0.29) is 6.61 Å². The maximum atomic E-state index is 9.26. The Bertz CT molecular complexity index is 950. The third kappa shape index (κ3) is 6.93. The molecule has 1 aliphatic carbocycles. The van der Waals surface area contributed by atoms with Crippen LogP contribution in [0.3, 0.4) is 0 Å². The zero-order chi connectivity index (χ0) is 23.8. The monoisotopic (exact) mass is 482 g/mol. The van der Waals surface area contributed by atoms with Gasteiger partial charge in [0, 0.05) is 39.1 Å². The van der Waals surface area contributed by atoms with Gasteiger partial charge in [-0.15, -0.1) is 0 Å². The van der Waals surface area contributed by atoms with Gasteiger partial charge in [-0.2, -0.15) is 4.99 Å². The number of aliphatic imine (C=N–C) groups is 3. The normalized spacial score (nSPS) is 23.3. The van der Waals surface area contributed by atoms with Crippen molar-refractivity contribution in [3.63, 3.8) is 0 Å². The van der Waals surface area contributed by atoms with Gasteiger partial charge in [0.05, 0.1) is 13.2 Å². The highest BCUT2D eigenvalue weighted by molar-refractivity contribution is 8.06. The summed E-state index contributed by atoms with van der Waals surface area (Å²) >= 11 is 1.74. The van der Waals surface area contributed by atoms with Crippen LogP contribution in [-0.4, -0.2) is 78.4 Å². The maximum Gasteiger partial charge on any atom is 0.230 e. The molecule has 0 spiro atoms. The van der Waals surface area contributed by atoms with E-state index < -0.39 is 0 Å². The summed E-state index contributed by atoms with van der Waals surface area (Å²) in [6, 6.07) is 0. The molecular formula is C26H38N6OS. The van der Waals surface area contributed by atoms with Crippen molar-refractivity contribution in [1.29, 1.82) is 0 Å². The molecule has 2 N–H and O–H groups in total. The van der Waals surface area contributed by atoms with Gasteiger partial charge in [-0.3, -0.25) is 9.89 Å². The van der Waals surface area contributed by atoms with E-state index in [4.69, 9.17) is 15.0 Å². The summed E-state index contributed by atoms with van der Waals surface area (Å²) in [5.41, 5.74) is 2.75. The molecule has 7 nitrogen and oxygen atoms in total. The van der Waals surface area contributed by atoms with Crippen LogP contribution in [0, 0.1) is 0 Å². The molecule has 0 aromatic carbocycles. The highest BCUT2D eigenvalue weighted by atomic mass is 32.2. The van der Waals surface area contributed by atoms with Crippen LogP contribution < -0.4 is 5.32 Å². The Kier molecular flexibility index (Phi) is 9.18. The number of allylic oxidation sites excluding steroid dienone is 7. The van der Waals surface area contributed by atoms with Crippen molar-refractivity contribution >= 4 is 29.4 Å². The number of thioether (sulfide) groups is 1. The van der Waals surface area contributed by atoms with Crippen LogP contribution in [0.25, 0.3) is 0 Å². The second-order valence-corrected chi connectivity index (χ2v) is 10.3. The first-order chi connectivity index (χ1) is 16.6. The van der Waals surface area contributed by atoms with Crippen molar-refractivity contribution < 1.29 is 5.11 Å². The third-order valence-electron chi connectivity index (χ3n) is 6.61. The van der Waals surface area contributed by atoms with Crippen molar-refractivity contribution in [1.82, 2.24) is 15.1 Å². The molecule has 4 aliphatic rings. The largest absolute Gasteiger partial charge is 0.395 e. The molecule has 0 bridgehead atoms. The van der Waals surface area contributed by atoms with E-state index in [1.165, 1.54) is 16.1 Å². The third-order valence-corrected chi connectivity index (χ3v) is 7.67. The number of β-amino-alcohol motifs (C(OH)–C–C–N with tert-alkyl or cyclic N) is 1. The number of nitrogens with zero attached hydrogens (tertiary/aromatic N) is 5. The van der Waals surface area contributed by atoms with E-state index >= 15 is 0 Å². The van der Waals surface area contributed by atoms with Crippen molar-refractivity contribution in [2.24, 2.45) is 15.0 Å². The van der Waals surface area contributed by atoms with E-state index in [1.807, 2.05) is 0 Å². The molecule has 1 saturated heterocycles.